The van der Waals surface area contributed by atoms with Gasteiger partial charge in [0.15, 0.2) is 0 Å². The minimum atomic E-state index is -0.281. The Morgan fingerprint density at radius 3 is 2.62 bits per heavy atom. The van der Waals surface area contributed by atoms with Crippen LogP contribution in [0.4, 0.5) is 4.39 Å². The fourth-order valence-electron chi connectivity index (χ4n) is 1.87. The zero-order valence-corrected chi connectivity index (χ0v) is 13.4. The number of hydrogen-bond donors (Lipinski definition) is 0. The lowest BCUT2D eigenvalue weighted by molar-refractivity contribution is 0.628. The number of rotatable bonds is 3. The number of thioether (sulfide) groups is 1. The molecule has 0 radical (unpaired) electrons. The molecular formula is C14H10BrFN4S. The van der Waals surface area contributed by atoms with Crippen LogP contribution >= 0.6 is 27.7 Å². The van der Waals surface area contributed by atoms with Gasteiger partial charge in [0.1, 0.15) is 21.3 Å². The van der Waals surface area contributed by atoms with Crippen LogP contribution in [0.25, 0.3) is 17.3 Å². The second kappa shape index (κ2) is 5.95. The summed E-state index contributed by atoms with van der Waals surface area (Å²) in [6, 6.07) is 8.01. The van der Waals surface area contributed by atoms with Gasteiger partial charge in [-0.2, -0.15) is 0 Å². The molecule has 2 heterocycles. The molecule has 0 bridgehead atoms. The normalized spacial score (nSPS) is 10.8. The molecule has 4 nitrogen and oxygen atoms in total. The average Bonchev–Trinajstić information content (AvgIpc) is 2.90. The van der Waals surface area contributed by atoms with Crippen molar-refractivity contribution < 1.29 is 4.39 Å². The second-order valence-electron chi connectivity index (χ2n) is 4.16. The summed E-state index contributed by atoms with van der Waals surface area (Å²) in [5.74, 6) is 0.899. The first-order valence-electron chi connectivity index (χ1n) is 6.05. The molecule has 0 atom stereocenters. The Labute approximate surface area is 133 Å². The van der Waals surface area contributed by atoms with E-state index in [4.69, 9.17) is 0 Å². The fourth-order valence-corrected chi connectivity index (χ4v) is 2.61. The van der Waals surface area contributed by atoms with Crippen LogP contribution in [0.5, 0.6) is 0 Å². The Morgan fingerprint density at radius 1 is 1.14 bits per heavy atom. The molecule has 3 aromatic rings. The van der Waals surface area contributed by atoms with Crippen molar-refractivity contribution in [3.63, 3.8) is 0 Å². The molecule has 7 heteroatoms. The van der Waals surface area contributed by atoms with Crippen molar-refractivity contribution in [3.8, 4) is 17.3 Å². The van der Waals surface area contributed by atoms with E-state index in [1.54, 1.807) is 40.9 Å². The molecule has 21 heavy (non-hydrogen) atoms. The number of benzene rings is 1. The lowest BCUT2D eigenvalue weighted by atomic mass is 10.2. The Hall–Kier alpha value is -1.73. The molecule has 0 unspecified atom stereocenters. The lowest BCUT2D eigenvalue weighted by Crippen LogP contribution is -2.02. The number of nitrogens with zero attached hydrogens (tertiary/aromatic N) is 4. The van der Waals surface area contributed by atoms with Gasteiger partial charge in [-0.15, -0.1) is 11.8 Å². The van der Waals surface area contributed by atoms with E-state index in [0.717, 1.165) is 10.6 Å². The van der Waals surface area contributed by atoms with Crippen molar-refractivity contribution >= 4 is 27.7 Å². The van der Waals surface area contributed by atoms with Crippen LogP contribution in [0.15, 0.2) is 52.4 Å². The largest absolute Gasteiger partial charge is 0.266 e. The molecule has 3 rings (SSSR count). The van der Waals surface area contributed by atoms with Gasteiger partial charge in [-0.1, -0.05) is 0 Å². The van der Waals surface area contributed by atoms with E-state index >= 15 is 0 Å². The quantitative estimate of drug-likeness (QED) is 0.521. The van der Waals surface area contributed by atoms with Crippen molar-refractivity contribution in [2.45, 2.75) is 5.03 Å². The van der Waals surface area contributed by atoms with E-state index in [2.05, 4.69) is 30.9 Å². The van der Waals surface area contributed by atoms with Gasteiger partial charge in [0.25, 0.3) is 0 Å². The Bertz CT molecular complexity index is 773. The third-order valence-electron chi connectivity index (χ3n) is 2.82. The van der Waals surface area contributed by atoms with Crippen LogP contribution in [0.2, 0.25) is 0 Å². The monoisotopic (exact) mass is 364 g/mol. The van der Waals surface area contributed by atoms with Crippen molar-refractivity contribution in [1.29, 1.82) is 0 Å². The molecular weight excluding hydrogens is 355 g/mol. The standard InChI is InChI=1S/C14H10BrFN4S/c1-21-12-6-7-17-14(19-12)20-8-11(15)18-13(20)9-2-4-10(16)5-3-9/h2-8H,1H3. The molecule has 0 N–H and O–H groups in total. The Balaban J connectivity index is 2.13. The van der Waals surface area contributed by atoms with Crippen molar-refractivity contribution in [2.24, 2.45) is 0 Å². The molecule has 0 saturated carbocycles. The first-order chi connectivity index (χ1) is 10.2. The highest BCUT2D eigenvalue weighted by Crippen LogP contribution is 2.24. The van der Waals surface area contributed by atoms with Gasteiger partial charge in [0.05, 0.1) is 0 Å². The summed E-state index contributed by atoms with van der Waals surface area (Å²) in [6.45, 7) is 0. The molecule has 0 amide bonds. The summed E-state index contributed by atoms with van der Waals surface area (Å²) in [6.07, 6.45) is 5.45. The maximum absolute atomic E-state index is 13.1. The highest BCUT2D eigenvalue weighted by molar-refractivity contribution is 9.10. The minimum Gasteiger partial charge on any atom is -0.266 e. The van der Waals surface area contributed by atoms with E-state index in [9.17, 15) is 4.39 Å². The maximum Gasteiger partial charge on any atom is 0.236 e. The molecule has 0 aliphatic carbocycles. The van der Waals surface area contributed by atoms with Gasteiger partial charge < -0.3 is 0 Å². The smallest absolute Gasteiger partial charge is 0.236 e. The summed E-state index contributed by atoms with van der Waals surface area (Å²) in [4.78, 5) is 13.1. The average molecular weight is 365 g/mol. The summed E-state index contributed by atoms with van der Waals surface area (Å²) >= 11 is 4.90. The van der Waals surface area contributed by atoms with Crippen molar-refractivity contribution in [1.82, 2.24) is 19.5 Å². The third kappa shape index (κ3) is 2.98. The highest BCUT2D eigenvalue weighted by atomic mass is 79.9. The molecule has 1 aromatic carbocycles. The van der Waals surface area contributed by atoms with Gasteiger partial charge in [-0.05, 0) is 52.5 Å². The summed E-state index contributed by atoms with van der Waals surface area (Å²) in [7, 11) is 0. The molecule has 0 saturated heterocycles. The molecule has 0 spiro atoms. The van der Waals surface area contributed by atoms with Gasteiger partial charge >= 0.3 is 0 Å². The van der Waals surface area contributed by atoms with Crippen LogP contribution in [-0.2, 0) is 0 Å². The predicted octanol–water partition coefficient (Wildman–Crippen LogP) is 3.95. The number of hydrogen-bond acceptors (Lipinski definition) is 4. The van der Waals surface area contributed by atoms with Crippen LogP contribution in [0.1, 0.15) is 0 Å². The minimum absolute atomic E-state index is 0.281. The van der Waals surface area contributed by atoms with Crippen molar-refractivity contribution in [3.05, 3.63) is 53.1 Å². The summed E-state index contributed by atoms with van der Waals surface area (Å²) < 4.78 is 15.5. The summed E-state index contributed by atoms with van der Waals surface area (Å²) in [5.41, 5.74) is 0.792. The first-order valence-corrected chi connectivity index (χ1v) is 8.07. The third-order valence-corrected chi connectivity index (χ3v) is 3.85. The molecule has 0 aliphatic heterocycles. The van der Waals surface area contributed by atoms with E-state index in [1.807, 2.05) is 12.3 Å². The molecule has 0 fully saturated rings. The van der Waals surface area contributed by atoms with Gasteiger partial charge in [0.2, 0.25) is 5.95 Å². The lowest BCUT2D eigenvalue weighted by Gasteiger charge is -2.06. The van der Waals surface area contributed by atoms with E-state index in [0.29, 0.717) is 16.4 Å². The van der Waals surface area contributed by atoms with Crippen LogP contribution in [0, 0.1) is 5.82 Å². The molecule has 106 valence electrons. The van der Waals surface area contributed by atoms with E-state index < -0.39 is 0 Å². The van der Waals surface area contributed by atoms with E-state index in [1.165, 1.54) is 12.1 Å². The molecule has 0 aliphatic rings. The highest BCUT2D eigenvalue weighted by Gasteiger charge is 2.13. The zero-order valence-electron chi connectivity index (χ0n) is 11.0. The van der Waals surface area contributed by atoms with Gasteiger partial charge in [-0.25, -0.2) is 19.3 Å². The summed E-state index contributed by atoms with van der Waals surface area (Å²) in [5, 5.41) is 0.870. The Kier molecular flexibility index (Phi) is 4.03. The number of halogens is 2. The fraction of sp³-hybridized carbons (Fsp3) is 0.0714. The second-order valence-corrected chi connectivity index (χ2v) is 5.80. The molecule has 2 aromatic heterocycles. The maximum atomic E-state index is 13.1. The van der Waals surface area contributed by atoms with Crippen LogP contribution in [-0.4, -0.2) is 25.8 Å². The van der Waals surface area contributed by atoms with Crippen LogP contribution < -0.4 is 0 Å². The van der Waals surface area contributed by atoms with Gasteiger partial charge in [0, 0.05) is 18.0 Å². The van der Waals surface area contributed by atoms with Crippen molar-refractivity contribution in [2.75, 3.05) is 6.26 Å². The number of imidazole rings is 1. The zero-order chi connectivity index (χ0) is 14.8. The predicted molar refractivity (Wildman–Crippen MR) is 84.0 cm³/mol. The SMILES string of the molecule is CSc1ccnc(-n2cc(Br)nc2-c2ccc(F)cc2)n1. The van der Waals surface area contributed by atoms with E-state index in [-0.39, 0.29) is 5.82 Å². The van der Waals surface area contributed by atoms with Gasteiger partial charge in [-0.3, -0.25) is 4.57 Å². The Morgan fingerprint density at radius 2 is 1.90 bits per heavy atom. The number of aromatic nitrogens is 4. The topological polar surface area (TPSA) is 43.6 Å². The first kappa shape index (κ1) is 14.2. The van der Waals surface area contributed by atoms with Crippen LogP contribution in [0.3, 0.4) is 0 Å².